The highest BCUT2D eigenvalue weighted by Gasteiger charge is 2.28. The summed E-state index contributed by atoms with van der Waals surface area (Å²) >= 11 is 0. The minimum absolute atomic E-state index is 0.0323. The number of carbonyl (C=O) groups excluding carboxylic acids is 1. The van der Waals surface area contributed by atoms with Crippen molar-refractivity contribution in [2.75, 3.05) is 63.9 Å². The third-order valence-electron chi connectivity index (χ3n) is 4.40. The average Bonchev–Trinajstić information content (AvgIpc) is 2.67. The zero-order chi connectivity index (χ0) is 22.3. The average molecular weight is 425 g/mol. The second-order valence-corrected chi connectivity index (χ2v) is 7.80. The van der Waals surface area contributed by atoms with Crippen molar-refractivity contribution in [1.82, 2.24) is 4.90 Å². The van der Waals surface area contributed by atoms with E-state index in [0.717, 1.165) is 0 Å². The largest absolute Gasteiger partial charge is 0.478 e. The molecule has 1 saturated heterocycles. The van der Waals surface area contributed by atoms with Crippen molar-refractivity contribution in [2.45, 2.75) is 26.4 Å². The molecule has 3 N–H and O–H groups in total. The molecule has 0 radical (unpaired) electrons. The van der Waals surface area contributed by atoms with Crippen molar-refractivity contribution < 1.29 is 33.6 Å². The first-order valence-electron chi connectivity index (χ1n) is 9.72. The van der Waals surface area contributed by atoms with Crippen molar-refractivity contribution >= 4 is 23.4 Å². The number of nitrogens with two attached hydrogens (primary N) is 1. The molecule has 0 spiro atoms. The number of hydrogen-bond donors (Lipinski definition) is 2. The molecular weight excluding hydrogens is 394 g/mol. The molecule has 1 aliphatic heterocycles. The molecule has 2 rings (SSSR count). The first-order chi connectivity index (χ1) is 14.1. The molecule has 1 fully saturated rings. The minimum atomic E-state index is -1.14. The van der Waals surface area contributed by atoms with Crippen LogP contribution in [0.3, 0.4) is 0 Å². The van der Waals surface area contributed by atoms with Crippen LogP contribution in [-0.2, 0) is 14.2 Å². The molecule has 1 aromatic rings. The molecule has 0 aliphatic carbocycles. The van der Waals surface area contributed by atoms with E-state index in [-0.39, 0.29) is 29.9 Å². The van der Waals surface area contributed by atoms with Gasteiger partial charge in [-0.25, -0.2) is 9.59 Å². The highest BCUT2D eigenvalue weighted by molar-refractivity contribution is 5.97. The van der Waals surface area contributed by atoms with Gasteiger partial charge < -0.3 is 39.6 Å². The van der Waals surface area contributed by atoms with E-state index in [1.807, 2.05) is 25.7 Å². The predicted molar refractivity (Wildman–Crippen MR) is 111 cm³/mol. The van der Waals surface area contributed by atoms with Gasteiger partial charge in [-0.15, -0.1) is 0 Å². The van der Waals surface area contributed by atoms with Crippen molar-refractivity contribution in [3.05, 3.63) is 17.7 Å². The monoisotopic (exact) mass is 425 g/mol. The van der Waals surface area contributed by atoms with Gasteiger partial charge in [0.1, 0.15) is 5.60 Å². The molecule has 30 heavy (non-hydrogen) atoms. The summed E-state index contributed by atoms with van der Waals surface area (Å²) in [5.74, 6) is -0.892. The van der Waals surface area contributed by atoms with Crippen LogP contribution in [-0.4, -0.2) is 81.0 Å². The lowest BCUT2D eigenvalue weighted by atomic mass is 10.1. The van der Waals surface area contributed by atoms with E-state index in [1.165, 1.54) is 6.07 Å². The standard InChI is InChI=1S/C20H31N3O7/c1-20(2,3)30-19(26)23-9-7-22(8-10-23)15-6-5-14(18(24)25)16(21)17(15)29-13-28-12-11-27-4/h5-6H,7-13,21H2,1-4H3,(H,24,25). The first-order valence-corrected chi connectivity index (χ1v) is 9.72. The Balaban J connectivity index is 2.11. The number of rotatable bonds is 8. The lowest BCUT2D eigenvalue weighted by Gasteiger charge is -2.37. The van der Waals surface area contributed by atoms with E-state index in [1.54, 1.807) is 18.1 Å². The first kappa shape index (κ1) is 23.6. The highest BCUT2D eigenvalue weighted by Crippen LogP contribution is 2.37. The molecule has 0 bridgehead atoms. The van der Waals surface area contributed by atoms with Gasteiger partial charge in [-0.1, -0.05) is 0 Å². The number of piperazine rings is 1. The Labute approximate surface area is 176 Å². The van der Waals surface area contributed by atoms with Gasteiger partial charge in [-0.05, 0) is 32.9 Å². The zero-order valence-electron chi connectivity index (χ0n) is 18.0. The molecule has 0 unspecified atom stereocenters. The normalized spacial score (nSPS) is 14.5. The number of nitrogens with zero attached hydrogens (tertiary/aromatic N) is 2. The van der Waals surface area contributed by atoms with E-state index in [9.17, 15) is 14.7 Å². The van der Waals surface area contributed by atoms with Crippen LogP contribution in [0.25, 0.3) is 0 Å². The van der Waals surface area contributed by atoms with Gasteiger partial charge in [0.25, 0.3) is 0 Å². The predicted octanol–water partition coefficient (Wildman–Crippen LogP) is 2.02. The number of hydrogen-bond acceptors (Lipinski definition) is 8. The Morgan fingerprint density at radius 3 is 2.37 bits per heavy atom. The summed E-state index contributed by atoms with van der Waals surface area (Å²) in [5.41, 5.74) is 6.16. The lowest BCUT2D eigenvalue weighted by molar-refractivity contribution is -0.00803. The summed E-state index contributed by atoms with van der Waals surface area (Å²) in [6, 6.07) is 3.11. The van der Waals surface area contributed by atoms with Gasteiger partial charge in [0.05, 0.1) is 30.2 Å². The Kier molecular flexibility index (Phi) is 8.13. The van der Waals surface area contributed by atoms with Crippen molar-refractivity contribution in [2.24, 2.45) is 0 Å². The number of anilines is 2. The number of aromatic carboxylic acids is 1. The molecule has 1 aromatic carbocycles. The third kappa shape index (κ3) is 6.39. The molecule has 10 heteroatoms. The topological polar surface area (TPSA) is 124 Å². The maximum Gasteiger partial charge on any atom is 0.410 e. The van der Waals surface area contributed by atoms with Crippen molar-refractivity contribution in [3.63, 3.8) is 0 Å². The van der Waals surface area contributed by atoms with Gasteiger partial charge in [0.15, 0.2) is 12.5 Å². The number of nitrogen functional groups attached to an aromatic ring is 1. The SMILES string of the molecule is COCCOCOc1c(N2CCN(C(=O)OC(C)(C)C)CC2)ccc(C(=O)O)c1N. The molecule has 1 heterocycles. The van der Waals surface area contributed by atoms with Crippen LogP contribution in [0.5, 0.6) is 5.75 Å². The number of benzene rings is 1. The molecule has 10 nitrogen and oxygen atoms in total. The number of carboxylic acids is 1. The van der Waals surface area contributed by atoms with E-state index >= 15 is 0 Å². The van der Waals surface area contributed by atoms with Gasteiger partial charge in [0, 0.05) is 33.3 Å². The van der Waals surface area contributed by atoms with Crippen LogP contribution in [0.15, 0.2) is 12.1 Å². The summed E-state index contributed by atoms with van der Waals surface area (Å²) in [7, 11) is 1.56. The van der Waals surface area contributed by atoms with Gasteiger partial charge in [0.2, 0.25) is 0 Å². The second-order valence-electron chi connectivity index (χ2n) is 7.80. The third-order valence-corrected chi connectivity index (χ3v) is 4.40. The van der Waals surface area contributed by atoms with Crippen molar-refractivity contribution in [1.29, 1.82) is 0 Å². The fraction of sp³-hybridized carbons (Fsp3) is 0.600. The number of methoxy groups -OCH3 is 1. The van der Waals surface area contributed by atoms with Crippen LogP contribution in [0.1, 0.15) is 31.1 Å². The van der Waals surface area contributed by atoms with Gasteiger partial charge in [-0.2, -0.15) is 0 Å². The zero-order valence-corrected chi connectivity index (χ0v) is 18.0. The Morgan fingerprint density at radius 2 is 1.80 bits per heavy atom. The number of amides is 1. The molecule has 1 amide bonds. The van der Waals surface area contributed by atoms with Crippen LogP contribution in [0.2, 0.25) is 0 Å². The maximum absolute atomic E-state index is 12.3. The Hall–Kier alpha value is -2.72. The number of ether oxygens (including phenoxy) is 4. The van der Waals surface area contributed by atoms with E-state index in [0.29, 0.717) is 45.1 Å². The summed E-state index contributed by atoms with van der Waals surface area (Å²) in [5, 5.41) is 9.37. The van der Waals surface area contributed by atoms with Crippen LogP contribution >= 0.6 is 0 Å². The van der Waals surface area contributed by atoms with Gasteiger partial charge >= 0.3 is 12.1 Å². The number of carbonyl (C=O) groups is 2. The lowest BCUT2D eigenvalue weighted by Crippen LogP contribution is -2.50. The van der Waals surface area contributed by atoms with E-state index < -0.39 is 11.6 Å². The molecule has 0 atom stereocenters. The molecule has 168 valence electrons. The molecule has 0 aromatic heterocycles. The Morgan fingerprint density at radius 1 is 1.13 bits per heavy atom. The summed E-state index contributed by atoms with van der Waals surface area (Å²) in [6.45, 7) is 8.08. The summed E-state index contributed by atoms with van der Waals surface area (Å²) < 4.78 is 21.4. The smallest absolute Gasteiger partial charge is 0.410 e. The highest BCUT2D eigenvalue weighted by atomic mass is 16.7. The molecule has 0 saturated carbocycles. The van der Waals surface area contributed by atoms with Gasteiger partial charge in [-0.3, -0.25) is 0 Å². The minimum Gasteiger partial charge on any atom is -0.478 e. The van der Waals surface area contributed by atoms with Crippen LogP contribution in [0, 0.1) is 0 Å². The van der Waals surface area contributed by atoms with Crippen LogP contribution < -0.4 is 15.4 Å². The van der Waals surface area contributed by atoms with E-state index in [2.05, 4.69) is 0 Å². The number of carboxylic acid groups (broad SMARTS) is 1. The second kappa shape index (κ2) is 10.4. The Bertz CT molecular complexity index is 741. The van der Waals surface area contributed by atoms with E-state index in [4.69, 9.17) is 24.7 Å². The molecular formula is C20H31N3O7. The summed E-state index contributed by atoms with van der Waals surface area (Å²) in [6.07, 6.45) is -0.356. The summed E-state index contributed by atoms with van der Waals surface area (Å²) in [4.78, 5) is 27.4. The fourth-order valence-corrected chi connectivity index (χ4v) is 2.93. The fourth-order valence-electron chi connectivity index (χ4n) is 2.93. The van der Waals surface area contributed by atoms with Crippen molar-refractivity contribution in [3.8, 4) is 5.75 Å². The quantitative estimate of drug-likeness (QED) is 0.366. The molecule has 1 aliphatic rings. The maximum atomic E-state index is 12.3. The van der Waals surface area contributed by atoms with Crippen LogP contribution in [0.4, 0.5) is 16.2 Å².